The van der Waals surface area contributed by atoms with Gasteiger partial charge in [0.15, 0.2) is 9.84 Å². The summed E-state index contributed by atoms with van der Waals surface area (Å²) in [5.41, 5.74) is 1.60. The van der Waals surface area contributed by atoms with Gasteiger partial charge in [-0.05, 0) is 42.4 Å². The van der Waals surface area contributed by atoms with E-state index in [0.717, 1.165) is 11.1 Å². The third-order valence-corrected chi connectivity index (χ3v) is 6.53. The van der Waals surface area contributed by atoms with E-state index in [-0.39, 0.29) is 16.9 Å². The van der Waals surface area contributed by atoms with Gasteiger partial charge in [0.25, 0.3) is 0 Å². The summed E-state index contributed by atoms with van der Waals surface area (Å²) in [6.45, 7) is 7.91. The van der Waals surface area contributed by atoms with Gasteiger partial charge in [-0.15, -0.1) is 0 Å². The fourth-order valence-corrected chi connectivity index (χ4v) is 4.57. The predicted molar refractivity (Wildman–Crippen MR) is 90.9 cm³/mol. The molecule has 0 heterocycles. The van der Waals surface area contributed by atoms with Gasteiger partial charge in [-0.2, -0.15) is 0 Å². The number of rotatable bonds is 6. The third kappa shape index (κ3) is 5.72. The van der Waals surface area contributed by atoms with Crippen LogP contribution in [-0.4, -0.2) is 34.6 Å². The van der Waals surface area contributed by atoms with Crippen molar-refractivity contribution < 1.29 is 16.8 Å². The largest absolute Gasteiger partial charge is 0.229 e. The van der Waals surface area contributed by atoms with Crippen molar-refractivity contribution in [3.05, 3.63) is 29.3 Å². The van der Waals surface area contributed by atoms with Gasteiger partial charge in [0.1, 0.15) is 9.84 Å². The summed E-state index contributed by atoms with van der Waals surface area (Å²) in [6, 6.07) is 5.54. The Morgan fingerprint density at radius 2 is 1.50 bits per heavy atom. The minimum atomic E-state index is -3.39. The summed E-state index contributed by atoms with van der Waals surface area (Å²) in [7, 11) is -6.42. The zero-order valence-corrected chi connectivity index (χ0v) is 15.6. The topological polar surface area (TPSA) is 68.3 Å². The molecule has 1 rings (SSSR count). The molecule has 1 aromatic carbocycles. The van der Waals surface area contributed by atoms with Gasteiger partial charge < -0.3 is 0 Å². The van der Waals surface area contributed by atoms with E-state index in [4.69, 9.17) is 0 Å². The van der Waals surface area contributed by atoms with Crippen molar-refractivity contribution in [3.63, 3.8) is 0 Å². The number of hydrogen-bond acceptors (Lipinski definition) is 4. The molecule has 0 unspecified atom stereocenters. The fourth-order valence-electron chi connectivity index (χ4n) is 2.17. The van der Waals surface area contributed by atoms with Crippen LogP contribution in [0.25, 0.3) is 0 Å². The Labute approximate surface area is 134 Å². The van der Waals surface area contributed by atoms with Gasteiger partial charge in [0.05, 0.1) is 10.6 Å². The average Bonchev–Trinajstić information content (AvgIpc) is 2.32. The molecule has 0 N–H and O–H groups in total. The van der Waals surface area contributed by atoms with Crippen LogP contribution in [0, 0.1) is 6.92 Å². The second-order valence-electron chi connectivity index (χ2n) is 6.89. The van der Waals surface area contributed by atoms with Crippen LogP contribution in [0.5, 0.6) is 0 Å². The van der Waals surface area contributed by atoms with Gasteiger partial charge in [0.2, 0.25) is 0 Å². The maximum Gasteiger partial charge on any atom is 0.178 e. The standard InChI is InChI=1S/C16H26O4S2/c1-13-8-9-14(16(2,3)4)12-15(13)22(19,20)11-7-6-10-21(5,17)18/h8-9,12H,6-7,10-11H2,1-5H3. The molecule has 0 amide bonds. The van der Waals surface area contributed by atoms with Crippen LogP contribution in [0.3, 0.4) is 0 Å². The summed E-state index contributed by atoms with van der Waals surface area (Å²) in [6.07, 6.45) is 1.89. The summed E-state index contributed by atoms with van der Waals surface area (Å²) >= 11 is 0. The second kappa shape index (κ2) is 6.71. The highest BCUT2D eigenvalue weighted by Gasteiger charge is 2.21. The maximum atomic E-state index is 12.5. The van der Waals surface area contributed by atoms with Gasteiger partial charge in [-0.3, -0.25) is 0 Å². The lowest BCUT2D eigenvalue weighted by Crippen LogP contribution is -2.15. The van der Waals surface area contributed by atoms with Crippen LogP contribution in [0.1, 0.15) is 44.7 Å². The van der Waals surface area contributed by atoms with E-state index in [9.17, 15) is 16.8 Å². The van der Waals surface area contributed by atoms with Gasteiger partial charge in [-0.1, -0.05) is 32.9 Å². The molecule has 0 aliphatic heterocycles. The molecule has 0 aliphatic rings. The summed E-state index contributed by atoms with van der Waals surface area (Å²) < 4.78 is 47.2. The molecule has 0 aliphatic carbocycles. The van der Waals surface area contributed by atoms with Crippen molar-refractivity contribution in [1.29, 1.82) is 0 Å². The van der Waals surface area contributed by atoms with Crippen LogP contribution >= 0.6 is 0 Å². The lowest BCUT2D eigenvalue weighted by Gasteiger charge is -2.20. The first-order valence-electron chi connectivity index (χ1n) is 7.34. The van der Waals surface area contributed by atoms with E-state index < -0.39 is 19.7 Å². The summed E-state index contributed by atoms with van der Waals surface area (Å²) in [5.74, 6) is 0.0144. The molecule has 22 heavy (non-hydrogen) atoms. The van der Waals surface area contributed by atoms with E-state index in [1.54, 1.807) is 13.0 Å². The van der Waals surface area contributed by atoms with Crippen LogP contribution in [0.15, 0.2) is 23.1 Å². The van der Waals surface area contributed by atoms with Gasteiger partial charge in [-0.25, -0.2) is 16.8 Å². The predicted octanol–water partition coefficient (Wildman–Crippen LogP) is 2.89. The monoisotopic (exact) mass is 346 g/mol. The molecule has 4 nitrogen and oxygen atoms in total. The summed E-state index contributed by atoms with van der Waals surface area (Å²) in [5, 5.41) is 0. The number of unbranched alkanes of at least 4 members (excludes halogenated alkanes) is 1. The first-order chi connectivity index (χ1) is 9.83. The molecule has 0 aromatic heterocycles. The third-order valence-electron chi connectivity index (χ3n) is 3.57. The molecule has 0 fully saturated rings. The van der Waals surface area contributed by atoms with Crippen molar-refractivity contribution in [2.75, 3.05) is 17.8 Å². The Bertz CT molecular complexity index is 724. The number of sulfone groups is 2. The Morgan fingerprint density at radius 3 is 2.00 bits per heavy atom. The first kappa shape index (κ1) is 19.2. The van der Waals surface area contributed by atoms with Crippen LogP contribution < -0.4 is 0 Å². The molecule has 126 valence electrons. The van der Waals surface area contributed by atoms with Gasteiger partial charge >= 0.3 is 0 Å². The lowest BCUT2D eigenvalue weighted by atomic mass is 9.87. The zero-order chi connectivity index (χ0) is 17.2. The van der Waals surface area contributed by atoms with E-state index in [1.807, 2.05) is 32.9 Å². The molecule has 0 radical (unpaired) electrons. The Hall–Kier alpha value is -0.880. The van der Waals surface area contributed by atoms with E-state index >= 15 is 0 Å². The molecule has 0 spiro atoms. The van der Waals surface area contributed by atoms with E-state index in [1.165, 1.54) is 6.26 Å². The molecule has 0 saturated heterocycles. The Balaban J connectivity index is 2.93. The first-order valence-corrected chi connectivity index (χ1v) is 11.1. The van der Waals surface area contributed by atoms with Crippen molar-refractivity contribution in [1.82, 2.24) is 0 Å². The fraction of sp³-hybridized carbons (Fsp3) is 0.625. The summed E-state index contributed by atoms with van der Waals surface area (Å²) in [4.78, 5) is 0.360. The van der Waals surface area contributed by atoms with Crippen molar-refractivity contribution >= 4 is 19.7 Å². The molecular formula is C16H26O4S2. The van der Waals surface area contributed by atoms with Crippen LogP contribution in [-0.2, 0) is 25.1 Å². The highest BCUT2D eigenvalue weighted by atomic mass is 32.2. The smallest absolute Gasteiger partial charge is 0.178 e. The molecular weight excluding hydrogens is 320 g/mol. The number of aryl methyl sites for hydroxylation is 1. The number of hydrogen-bond donors (Lipinski definition) is 0. The molecule has 1 aromatic rings. The van der Waals surface area contributed by atoms with Crippen molar-refractivity contribution in [3.8, 4) is 0 Å². The van der Waals surface area contributed by atoms with E-state index in [0.29, 0.717) is 17.7 Å². The lowest BCUT2D eigenvalue weighted by molar-refractivity contribution is 0.580. The average molecular weight is 347 g/mol. The van der Waals surface area contributed by atoms with Crippen molar-refractivity contribution in [2.24, 2.45) is 0 Å². The molecule has 0 saturated carbocycles. The Morgan fingerprint density at radius 1 is 0.955 bits per heavy atom. The Kier molecular flexibility index (Phi) is 5.84. The zero-order valence-electron chi connectivity index (χ0n) is 14.0. The van der Waals surface area contributed by atoms with Gasteiger partial charge in [0, 0.05) is 12.0 Å². The van der Waals surface area contributed by atoms with Crippen LogP contribution in [0.2, 0.25) is 0 Å². The highest BCUT2D eigenvalue weighted by molar-refractivity contribution is 7.91. The quantitative estimate of drug-likeness (QED) is 0.743. The SMILES string of the molecule is Cc1ccc(C(C)(C)C)cc1S(=O)(=O)CCCCS(C)(=O)=O. The second-order valence-corrected chi connectivity index (χ2v) is 11.2. The number of benzene rings is 1. The van der Waals surface area contributed by atoms with E-state index in [2.05, 4.69) is 0 Å². The highest BCUT2D eigenvalue weighted by Crippen LogP contribution is 2.27. The molecule has 6 heteroatoms. The normalized spacial score (nSPS) is 13.3. The van der Waals surface area contributed by atoms with Crippen molar-refractivity contribution in [2.45, 2.75) is 50.8 Å². The maximum absolute atomic E-state index is 12.5. The minimum Gasteiger partial charge on any atom is -0.229 e. The molecule has 0 atom stereocenters. The molecule has 0 bridgehead atoms. The van der Waals surface area contributed by atoms with Crippen LogP contribution in [0.4, 0.5) is 0 Å². The minimum absolute atomic E-state index is 0.0169.